The molecule has 1 amide bonds. The molecule has 1 heterocycles. The van der Waals surface area contributed by atoms with Crippen molar-refractivity contribution in [1.82, 2.24) is 15.5 Å². The van der Waals surface area contributed by atoms with Gasteiger partial charge in [0.15, 0.2) is 5.96 Å². The van der Waals surface area contributed by atoms with Crippen molar-refractivity contribution in [2.75, 3.05) is 32.7 Å². The van der Waals surface area contributed by atoms with Gasteiger partial charge in [0.2, 0.25) is 5.91 Å². The molecule has 30 heavy (non-hydrogen) atoms. The van der Waals surface area contributed by atoms with E-state index in [1.54, 1.807) is 6.07 Å². The first-order valence-corrected chi connectivity index (χ1v) is 10.3. The van der Waals surface area contributed by atoms with E-state index < -0.39 is 11.7 Å². The highest BCUT2D eigenvalue weighted by atomic mass is 127. The highest BCUT2D eigenvalue weighted by Gasteiger charge is 2.30. The Hall–Kier alpha value is -1.52. The molecule has 1 aromatic rings. The molecule has 0 saturated carbocycles. The van der Waals surface area contributed by atoms with E-state index in [4.69, 9.17) is 0 Å². The Labute approximate surface area is 193 Å². The van der Waals surface area contributed by atoms with Gasteiger partial charge in [0.05, 0.1) is 5.56 Å². The van der Waals surface area contributed by atoms with Crippen LogP contribution >= 0.6 is 24.0 Å². The molecular formula is C21H32F3IN4O. The van der Waals surface area contributed by atoms with Gasteiger partial charge in [-0.3, -0.25) is 9.79 Å². The Morgan fingerprint density at radius 1 is 1.23 bits per heavy atom. The summed E-state index contributed by atoms with van der Waals surface area (Å²) in [6.45, 7) is 7.23. The van der Waals surface area contributed by atoms with Crippen LogP contribution in [0.2, 0.25) is 0 Å². The number of carbonyl (C=O) groups excluding carboxylic acids is 1. The van der Waals surface area contributed by atoms with Crippen LogP contribution in [0.4, 0.5) is 13.2 Å². The summed E-state index contributed by atoms with van der Waals surface area (Å²) >= 11 is 0. The minimum atomic E-state index is -4.33. The molecular weight excluding hydrogens is 508 g/mol. The summed E-state index contributed by atoms with van der Waals surface area (Å²) < 4.78 is 38.6. The standard InChI is InChI=1S/C21H31F3N4O.HI/c1-3-25-20(27-12-10-19(29)28-13-4-5-14-28)26-11-9-16(2)17-7-6-8-18(15-17)21(22,23)24;/h6-8,15-16H,3-5,9-14H2,1-2H3,(H2,25,26,27);1H. The molecule has 1 aromatic carbocycles. The second-order valence-electron chi connectivity index (χ2n) is 7.34. The van der Waals surface area contributed by atoms with E-state index in [1.807, 2.05) is 18.7 Å². The summed E-state index contributed by atoms with van der Waals surface area (Å²) in [5.74, 6) is 0.739. The van der Waals surface area contributed by atoms with Crippen LogP contribution in [0.5, 0.6) is 0 Å². The average molecular weight is 540 g/mol. The van der Waals surface area contributed by atoms with Gasteiger partial charge in [-0.05, 0) is 43.7 Å². The van der Waals surface area contributed by atoms with Crippen LogP contribution in [-0.4, -0.2) is 49.5 Å². The maximum atomic E-state index is 12.9. The van der Waals surface area contributed by atoms with Crippen molar-refractivity contribution in [1.29, 1.82) is 0 Å². The van der Waals surface area contributed by atoms with Gasteiger partial charge in [-0.2, -0.15) is 13.2 Å². The predicted molar refractivity (Wildman–Crippen MR) is 124 cm³/mol. The van der Waals surface area contributed by atoms with Crippen molar-refractivity contribution < 1.29 is 18.0 Å². The number of halogens is 4. The van der Waals surface area contributed by atoms with E-state index in [-0.39, 0.29) is 35.8 Å². The molecule has 5 nitrogen and oxygen atoms in total. The zero-order chi connectivity index (χ0) is 21.3. The number of nitrogens with one attached hydrogen (secondary N) is 2. The number of likely N-dealkylation sites (tertiary alicyclic amines) is 1. The lowest BCUT2D eigenvalue weighted by molar-refractivity contribution is -0.137. The third-order valence-electron chi connectivity index (χ3n) is 5.05. The lowest BCUT2D eigenvalue weighted by atomic mass is 9.96. The van der Waals surface area contributed by atoms with E-state index in [2.05, 4.69) is 15.6 Å². The lowest BCUT2D eigenvalue weighted by Crippen LogP contribution is -2.39. The van der Waals surface area contributed by atoms with Gasteiger partial charge in [-0.1, -0.05) is 25.1 Å². The largest absolute Gasteiger partial charge is 0.416 e. The summed E-state index contributed by atoms with van der Waals surface area (Å²) in [5.41, 5.74) is 0.0345. The van der Waals surface area contributed by atoms with E-state index >= 15 is 0 Å². The zero-order valence-electron chi connectivity index (χ0n) is 17.6. The van der Waals surface area contributed by atoms with Crippen molar-refractivity contribution in [3.05, 3.63) is 35.4 Å². The third kappa shape index (κ3) is 8.69. The van der Waals surface area contributed by atoms with Crippen LogP contribution in [0.25, 0.3) is 0 Å². The highest BCUT2D eigenvalue weighted by Crippen LogP contribution is 2.31. The molecule has 1 saturated heterocycles. The van der Waals surface area contributed by atoms with Gasteiger partial charge in [0.25, 0.3) is 0 Å². The summed E-state index contributed by atoms with van der Waals surface area (Å²) in [4.78, 5) is 18.5. The normalized spacial score (nSPS) is 15.5. The number of hydrogen-bond donors (Lipinski definition) is 2. The number of hydrogen-bond acceptors (Lipinski definition) is 2. The number of nitrogens with zero attached hydrogens (tertiary/aromatic N) is 2. The fourth-order valence-corrected chi connectivity index (χ4v) is 3.31. The second kappa shape index (κ2) is 13.0. The topological polar surface area (TPSA) is 56.7 Å². The summed E-state index contributed by atoms with van der Waals surface area (Å²) in [5, 5.41) is 6.29. The fourth-order valence-electron chi connectivity index (χ4n) is 3.31. The molecule has 1 atom stereocenters. The summed E-state index contributed by atoms with van der Waals surface area (Å²) in [6, 6.07) is 5.46. The lowest BCUT2D eigenvalue weighted by Gasteiger charge is -2.17. The SMILES string of the molecule is CCNC(=NCCC(C)c1cccc(C(F)(F)F)c1)NCCC(=O)N1CCCC1.I. The molecule has 1 fully saturated rings. The fraction of sp³-hybridized carbons (Fsp3) is 0.619. The van der Waals surface area contributed by atoms with Crippen LogP contribution in [0, 0.1) is 0 Å². The van der Waals surface area contributed by atoms with Gasteiger partial charge >= 0.3 is 6.18 Å². The number of aliphatic imine (C=N–C) groups is 1. The molecule has 1 aliphatic rings. The zero-order valence-corrected chi connectivity index (χ0v) is 19.9. The summed E-state index contributed by atoms with van der Waals surface area (Å²) in [6.07, 6.45) is -1.13. The van der Waals surface area contributed by atoms with E-state index in [0.717, 1.165) is 32.0 Å². The molecule has 2 N–H and O–H groups in total. The minimum absolute atomic E-state index is 0. The summed E-state index contributed by atoms with van der Waals surface area (Å²) in [7, 11) is 0. The highest BCUT2D eigenvalue weighted by molar-refractivity contribution is 14.0. The Morgan fingerprint density at radius 2 is 1.93 bits per heavy atom. The first-order chi connectivity index (χ1) is 13.8. The Kier molecular flexibility index (Phi) is 11.5. The van der Waals surface area contributed by atoms with Crippen molar-refractivity contribution in [2.24, 2.45) is 4.99 Å². The number of carbonyl (C=O) groups is 1. The number of amides is 1. The minimum Gasteiger partial charge on any atom is -0.357 e. The number of rotatable bonds is 8. The second-order valence-corrected chi connectivity index (χ2v) is 7.34. The number of benzene rings is 1. The van der Waals surface area contributed by atoms with Crippen LogP contribution in [0.1, 0.15) is 56.6 Å². The Bertz CT molecular complexity index is 691. The number of guanidine groups is 1. The molecule has 0 radical (unpaired) electrons. The third-order valence-corrected chi connectivity index (χ3v) is 5.05. The van der Waals surface area contributed by atoms with Crippen molar-refractivity contribution >= 4 is 35.8 Å². The maximum absolute atomic E-state index is 12.9. The van der Waals surface area contributed by atoms with Gasteiger partial charge in [-0.25, -0.2) is 0 Å². The van der Waals surface area contributed by atoms with Crippen LogP contribution in [0.3, 0.4) is 0 Å². The Balaban J connectivity index is 0.00000450. The Morgan fingerprint density at radius 3 is 2.57 bits per heavy atom. The van der Waals surface area contributed by atoms with Gasteiger partial charge in [0.1, 0.15) is 0 Å². The number of alkyl halides is 3. The molecule has 170 valence electrons. The first kappa shape index (κ1) is 26.5. The molecule has 1 aliphatic heterocycles. The predicted octanol–water partition coefficient (Wildman–Crippen LogP) is 4.38. The molecule has 0 aromatic heterocycles. The van der Waals surface area contributed by atoms with Crippen molar-refractivity contribution in [3.63, 3.8) is 0 Å². The molecule has 0 spiro atoms. The first-order valence-electron chi connectivity index (χ1n) is 10.3. The van der Waals surface area contributed by atoms with Gasteiger partial charge < -0.3 is 15.5 Å². The maximum Gasteiger partial charge on any atom is 0.416 e. The van der Waals surface area contributed by atoms with Crippen molar-refractivity contribution in [3.8, 4) is 0 Å². The van der Waals surface area contributed by atoms with Gasteiger partial charge in [-0.15, -0.1) is 24.0 Å². The van der Waals surface area contributed by atoms with Crippen LogP contribution in [0.15, 0.2) is 29.3 Å². The average Bonchev–Trinajstić information content (AvgIpc) is 3.22. The quantitative estimate of drug-likeness (QED) is 0.293. The van der Waals surface area contributed by atoms with Crippen LogP contribution in [-0.2, 0) is 11.0 Å². The molecule has 0 bridgehead atoms. The van der Waals surface area contributed by atoms with Crippen LogP contribution < -0.4 is 10.6 Å². The molecule has 1 unspecified atom stereocenters. The van der Waals surface area contributed by atoms with E-state index in [0.29, 0.717) is 44.0 Å². The van der Waals surface area contributed by atoms with E-state index in [9.17, 15) is 18.0 Å². The molecule has 2 rings (SSSR count). The molecule has 9 heteroatoms. The smallest absolute Gasteiger partial charge is 0.357 e. The van der Waals surface area contributed by atoms with Crippen molar-refractivity contribution in [2.45, 2.75) is 51.6 Å². The monoisotopic (exact) mass is 540 g/mol. The van der Waals surface area contributed by atoms with E-state index in [1.165, 1.54) is 12.1 Å². The molecule has 0 aliphatic carbocycles. The van der Waals surface area contributed by atoms with Gasteiger partial charge in [0, 0.05) is 39.1 Å².